The molecule has 0 spiro atoms. The number of nitrogens with zero attached hydrogens (tertiary/aromatic N) is 1. The highest BCUT2D eigenvalue weighted by atomic mass is 35.5. The molecule has 5 rings (SSSR count). The first-order valence-corrected chi connectivity index (χ1v) is 10.5. The predicted molar refractivity (Wildman–Crippen MR) is 112 cm³/mol. The highest BCUT2D eigenvalue weighted by Gasteiger charge is 2.42. The van der Waals surface area contributed by atoms with Crippen LogP contribution in [0.3, 0.4) is 0 Å². The molecule has 0 fully saturated rings. The van der Waals surface area contributed by atoms with Gasteiger partial charge < -0.3 is 14.9 Å². The molecule has 2 aliphatic rings. The molecule has 1 aromatic heterocycles. The van der Waals surface area contributed by atoms with E-state index in [9.17, 15) is 0 Å². The van der Waals surface area contributed by atoms with Gasteiger partial charge in [0.2, 0.25) is 0 Å². The lowest BCUT2D eigenvalue weighted by Crippen LogP contribution is -2.43. The van der Waals surface area contributed by atoms with Gasteiger partial charge in [0.05, 0.1) is 23.2 Å². The Balaban J connectivity index is 1.64. The summed E-state index contributed by atoms with van der Waals surface area (Å²) in [5, 5.41) is 4.88. The van der Waals surface area contributed by atoms with Gasteiger partial charge in [0, 0.05) is 16.1 Å². The summed E-state index contributed by atoms with van der Waals surface area (Å²) in [5.41, 5.74) is 6.62. The topological polar surface area (TPSA) is 33.7 Å². The number of thiophene rings is 1. The van der Waals surface area contributed by atoms with Gasteiger partial charge in [-0.05, 0) is 36.6 Å². The van der Waals surface area contributed by atoms with Crippen molar-refractivity contribution >= 4 is 28.6 Å². The molecular weight excluding hydrogens is 392 g/mol. The van der Waals surface area contributed by atoms with E-state index in [2.05, 4.69) is 40.1 Å². The van der Waals surface area contributed by atoms with Crippen LogP contribution in [0.1, 0.15) is 35.2 Å². The zero-order valence-electron chi connectivity index (χ0n) is 15.3. The van der Waals surface area contributed by atoms with E-state index in [4.69, 9.17) is 21.1 Å². The van der Waals surface area contributed by atoms with E-state index < -0.39 is 0 Å². The number of para-hydroxylation sites is 1. The highest BCUT2D eigenvalue weighted by molar-refractivity contribution is 7.11. The number of fused-ring (bicyclic) bond motifs is 3. The molecule has 2 atom stereocenters. The first-order chi connectivity index (χ1) is 13.8. The van der Waals surface area contributed by atoms with E-state index in [-0.39, 0.29) is 12.3 Å². The van der Waals surface area contributed by atoms with Crippen molar-refractivity contribution in [2.24, 2.45) is 0 Å². The van der Waals surface area contributed by atoms with Crippen LogP contribution in [0.15, 0.2) is 66.1 Å². The van der Waals surface area contributed by atoms with Crippen molar-refractivity contribution in [1.82, 2.24) is 10.4 Å². The molecule has 0 saturated carbocycles. The summed E-state index contributed by atoms with van der Waals surface area (Å²) >= 11 is 8.24. The van der Waals surface area contributed by atoms with Gasteiger partial charge in [-0.15, -0.1) is 11.3 Å². The normalized spacial score (nSPS) is 20.6. The summed E-state index contributed by atoms with van der Waals surface area (Å²) in [6, 6.07) is 18.0. The predicted octanol–water partition coefficient (Wildman–Crippen LogP) is 5.79. The zero-order chi connectivity index (χ0) is 19.1. The van der Waals surface area contributed by atoms with Crippen molar-refractivity contribution in [3.63, 3.8) is 0 Å². The number of hydrogen-bond acceptors (Lipinski definition) is 5. The van der Waals surface area contributed by atoms with E-state index in [1.807, 2.05) is 43.3 Å². The van der Waals surface area contributed by atoms with Crippen LogP contribution in [-0.2, 0) is 0 Å². The molecule has 28 heavy (non-hydrogen) atoms. The molecule has 2 aromatic carbocycles. The van der Waals surface area contributed by atoms with Crippen molar-refractivity contribution < 1.29 is 9.47 Å². The van der Waals surface area contributed by atoms with Gasteiger partial charge >= 0.3 is 0 Å². The lowest BCUT2D eigenvalue weighted by molar-refractivity contribution is -0.0344. The maximum absolute atomic E-state index is 6.53. The number of ether oxygens (including phenoxy) is 2. The molecule has 142 valence electrons. The summed E-state index contributed by atoms with van der Waals surface area (Å²) in [6.07, 6.45) is 1.87. The highest BCUT2D eigenvalue weighted by Crippen LogP contribution is 2.50. The summed E-state index contributed by atoms with van der Waals surface area (Å²) in [5.74, 6) is 1.54. The van der Waals surface area contributed by atoms with Crippen LogP contribution in [0.5, 0.6) is 11.5 Å². The molecular formula is C22H19ClN2O2S. The smallest absolute Gasteiger partial charge is 0.197 e. The van der Waals surface area contributed by atoms with E-state index in [0.29, 0.717) is 11.6 Å². The minimum atomic E-state index is -0.374. The zero-order valence-corrected chi connectivity index (χ0v) is 16.8. The Kier molecular flexibility index (Phi) is 4.51. The van der Waals surface area contributed by atoms with E-state index >= 15 is 0 Å². The fourth-order valence-electron chi connectivity index (χ4n) is 3.72. The number of benzene rings is 2. The van der Waals surface area contributed by atoms with Gasteiger partial charge in [-0.3, -0.25) is 0 Å². The second-order valence-corrected chi connectivity index (χ2v) is 7.98. The van der Waals surface area contributed by atoms with Gasteiger partial charge in [0.15, 0.2) is 17.7 Å². The molecule has 2 aliphatic heterocycles. The van der Waals surface area contributed by atoms with Crippen LogP contribution in [0.25, 0.3) is 5.70 Å². The maximum atomic E-state index is 6.53. The molecule has 3 aromatic rings. The summed E-state index contributed by atoms with van der Waals surface area (Å²) in [7, 11) is 0. The van der Waals surface area contributed by atoms with Crippen LogP contribution >= 0.6 is 22.9 Å². The second kappa shape index (κ2) is 7.17. The van der Waals surface area contributed by atoms with Gasteiger partial charge in [-0.25, -0.2) is 0 Å². The minimum absolute atomic E-state index is 0.0162. The Hall–Kier alpha value is -2.47. The Morgan fingerprint density at radius 1 is 1.11 bits per heavy atom. The third kappa shape index (κ3) is 2.87. The third-order valence-corrected chi connectivity index (χ3v) is 6.19. The van der Waals surface area contributed by atoms with Gasteiger partial charge in [-0.2, -0.15) is 5.01 Å². The maximum Gasteiger partial charge on any atom is 0.197 e. The lowest BCUT2D eigenvalue weighted by atomic mass is 10.0. The molecule has 0 aliphatic carbocycles. The molecule has 6 heteroatoms. The van der Waals surface area contributed by atoms with Crippen LogP contribution in [0, 0.1) is 0 Å². The monoisotopic (exact) mass is 410 g/mol. The average molecular weight is 411 g/mol. The average Bonchev–Trinajstić information content (AvgIpc) is 3.38. The Morgan fingerprint density at radius 2 is 1.96 bits per heavy atom. The Labute approximate surface area is 172 Å². The number of hydrogen-bond donors (Lipinski definition) is 1. The molecule has 4 nitrogen and oxygen atoms in total. The fourth-order valence-corrected chi connectivity index (χ4v) is 4.65. The first kappa shape index (κ1) is 17.6. The quantitative estimate of drug-likeness (QED) is 0.589. The molecule has 0 bridgehead atoms. The largest absolute Gasteiger partial charge is 0.490 e. The van der Waals surface area contributed by atoms with E-state index in [1.165, 1.54) is 4.88 Å². The standard InChI is InChI=1S/C22H19ClN2O2S/c1-2-26-19-10-5-8-15-18-13-17(20-11-6-12-28-20)24-25(18)22(27-21(15)19)14-7-3-4-9-16(14)23/h3-13,18,22,24H,2H2,1H3. The third-order valence-electron chi connectivity index (χ3n) is 4.94. The number of nitrogens with one attached hydrogen (secondary N) is 1. The Bertz CT molecular complexity index is 1030. The lowest BCUT2D eigenvalue weighted by Gasteiger charge is -2.39. The van der Waals surface area contributed by atoms with Gasteiger partial charge in [-0.1, -0.05) is 48.0 Å². The molecule has 0 amide bonds. The number of halogens is 1. The fraction of sp³-hybridized carbons (Fsp3) is 0.182. The van der Waals surface area contributed by atoms with Crippen molar-refractivity contribution in [2.45, 2.75) is 19.2 Å². The van der Waals surface area contributed by atoms with Crippen LogP contribution < -0.4 is 14.9 Å². The van der Waals surface area contributed by atoms with Crippen molar-refractivity contribution in [1.29, 1.82) is 0 Å². The molecule has 0 radical (unpaired) electrons. The first-order valence-electron chi connectivity index (χ1n) is 9.23. The second-order valence-electron chi connectivity index (χ2n) is 6.62. The van der Waals surface area contributed by atoms with E-state index in [1.54, 1.807) is 11.3 Å². The van der Waals surface area contributed by atoms with Crippen LogP contribution in [0.4, 0.5) is 0 Å². The number of hydrazine groups is 1. The van der Waals surface area contributed by atoms with Gasteiger partial charge in [0.25, 0.3) is 0 Å². The summed E-state index contributed by atoms with van der Waals surface area (Å²) in [4.78, 5) is 1.19. The van der Waals surface area contributed by atoms with E-state index in [0.717, 1.165) is 28.3 Å². The van der Waals surface area contributed by atoms with Crippen LogP contribution in [-0.4, -0.2) is 11.6 Å². The summed E-state index contributed by atoms with van der Waals surface area (Å²) in [6.45, 7) is 2.56. The summed E-state index contributed by atoms with van der Waals surface area (Å²) < 4.78 is 12.3. The molecule has 0 saturated heterocycles. The molecule has 2 unspecified atom stereocenters. The SMILES string of the molecule is CCOc1cccc2c1OC(c1ccccc1Cl)N1NC(c3cccs3)=CC21. The Morgan fingerprint density at radius 3 is 2.75 bits per heavy atom. The van der Waals surface area contributed by atoms with Gasteiger partial charge in [0.1, 0.15) is 0 Å². The van der Waals surface area contributed by atoms with Crippen LogP contribution in [0.2, 0.25) is 5.02 Å². The van der Waals surface area contributed by atoms with Crippen molar-refractivity contribution in [3.8, 4) is 11.5 Å². The van der Waals surface area contributed by atoms with Crippen molar-refractivity contribution in [2.75, 3.05) is 6.61 Å². The molecule has 3 heterocycles. The van der Waals surface area contributed by atoms with Crippen molar-refractivity contribution in [3.05, 3.63) is 87.1 Å². The minimum Gasteiger partial charge on any atom is -0.490 e. The molecule has 1 N–H and O–H groups in total. The number of rotatable bonds is 4.